The summed E-state index contributed by atoms with van der Waals surface area (Å²) in [7, 11) is 0. The first-order valence-corrected chi connectivity index (χ1v) is 8.50. The number of alkyl carbamates (subject to hydrolysis) is 1. The van der Waals surface area contributed by atoms with E-state index >= 15 is 0 Å². The van der Waals surface area contributed by atoms with Gasteiger partial charge in [-0.25, -0.2) is 4.79 Å². The molecule has 0 fully saturated rings. The van der Waals surface area contributed by atoms with Crippen LogP contribution in [0.2, 0.25) is 0 Å². The first-order chi connectivity index (χ1) is 11.0. The van der Waals surface area contributed by atoms with Crippen LogP contribution in [0.1, 0.15) is 36.6 Å². The van der Waals surface area contributed by atoms with Crippen molar-refractivity contribution in [1.82, 2.24) is 5.32 Å². The van der Waals surface area contributed by atoms with Crippen LogP contribution in [-0.2, 0) is 17.8 Å². The van der Waals surface area contributed by atoms with Gasteiger partial charge in [0.2, 0.25) is 0 Å². The minimum absolute atomic E-state index is 0.0328. The molecule has 1 aliphatic rings. The Labute approximate surface area is 145 Å². The van der Waals surface area contributed by atoms with Gasteiger partial charge in [-0.1, -0.05) is 66.2 Å². The maximum atomic E-state index is 12.2. The van der Waals surface area contributed by atoms with E-state index in [0.29, 0.717) is 0 Å². The van der Waals surface area contributed by atoms with E-state index in [9.17, 15) is 4.79 Å². The highest BCUT2D eigenvalue weighted by atomic mass is 79.9. The molecule has 120 valence electrons. The maximum Gasteiger partial charge on any atom is 0.407 e. The van der Waals surface area contributed by atoms with E-state index in [1.54, 1.807) is 0 Å². The monoisotopic (exact) mass is 373 g/mol. The Balaban J connectivity index is 1.69. The number of carbonyl (C=O) groups is 1. The summed E-state index contributed by atoms with van der Waals surface area (Å²) in [5.74, 6) is 0. The van der Waals surface area contributed by atoms with Crippen molar-refractivity contribution in [2.75, 3.05) is 0 Å². The smallest absolute Gasteiger partial charge is 0.407 e. The fraction of sp³-hybridized carbons (Fsp3) is 0.316. The molecule has 1 atom stereocenters. The molecule has 0 aromatic heterocycles. The molecule has 1 amide bonds. The summed E-state index contributed by atoms with van der Waals surface area (Å²) in [4.78, 5) is 12.2. The van der Waals surface area contributed by atoms with E-state index in [0.717, 1.165) is 16.5 Å². The molecule has 2 aromatic carbocycles. The molecule has 0 spiro atoms. The fourth-order valence-corrected chi connectivity index (χ4v) is 3.54. The van der Waals surface area contributed by atoms with Gasteiger partial charge in [0.05, 0.1) is 6.04 Å². The highest BCUT2D eigenvalue weighted by molar-refractivity contribution is 9.10. The molecule has 1 N–H and O–H groups in total. The van der Waals surface area contributed by atoms with Gasteiger partial charge in [0, 0.05) is 4.47 Å². The second-order valence-corrected chi connectivity index (χ2v) is 7.56. The first-order valence-electron chi connectivity index (χ1n) is 7.71. The van der Waals surface area contributed by atoms with Gasteiger partial charge in [0.25, 0.3) is 0 Å². The van der Waals surface area contributed by atoms with E-state index in [1.807, 2.05) is 36.4 Å². The summed E-state index contributed by atoms with van der Waals surface area (Å²) >= 11 is 3.51. The zero-order valence-electron chi connectivity index (χ0n) is 13.3. The summed E-state index contributed by atoms with van der Waals surface area (Å²) in [6, 6.07) is 15.9. The van der Waals surface area contributed by atoms with Crippen molar-refractivity contribution in [1.29, 1.82) is 0 Å². The number of benzene rings is 2. The lowest BCUT2D eigenvalue weighted by molar-refractivity contribution is 0.126. The predicted octanol–water partition coefficient (Wildman–Crippen LogP) is 5.00. The molecule has 0 saturated carbocycles. The van der Waals surface area contributed by atoms with Crippen LogP contribution in [0.4, 0.5) is 4.79 Å². The zero-order valence-corrected chi connectivity index (χ0v) is 14.9. The molecule has 4 heteroatoms. The molecule has 1 unspecified atom stereocenters. The van der Waals surface area contributed by atoms with Crippen molar-refractivity contribution in [2.45, 2.75) is 32.9 Å². The van der Waals surface area contributed by atoms with Crippen molar-refractivity contribution in [3.63, 3.8) is 0 Å². The van der Waals surface area contributed by atoms with E-state index in [1.165, 1.54) is 11.1 Å². The van der Waals surface area contributed by atoms with Gasteiger partial charge >= 0.3 is 6.09 Å². The number of hydrogen-bond acceptors (Lipinski definition) is 2. The molecule has 0 saturated heterocycles. The third kappa shape index (κ3) is 3.58. The van der Waals surface area contributed by atoms with Crippen LogP contribution < -0.4 is 5.32 Å². The Morgan fingerprint density at radius 3 is 2.74 bits per heavy atom. The Hall–Kier alpha value is -1.81. The number of fused-ring (bicyclic) bond motifs is 1. The number of ether oxygens (including phenoxy) is 1. The van der Waals surface area contributed by atoms with Crippen LogP contribution in [-0.4, -0.2) is 6.09 Å². The normalized spacial score (nSPS) is 18.3. The van der Waals surface area contributed by atoms with Gasteiger partial charge in [-0.2, -0.15) is 0 Å². The van der Waals surface area contributed by atoms with Crippen molar-refractivity contribution < 1.29 is 9.53 Å². The molecule has 3 rings (SSSR count). The van der Waals surface area contributed by atoms with Crippen LogP contribution in [0, 0.1) is 5.41 Å². The highest BCUT2D eigenvalue weighted by Crippen LogP contribution is 2.45. The number of carbonyl (C=O) groups excluding carboxylic acids is 1. The predicted molar refractivity (Wildman–Crippen MR) is 94.1 cm³/mol. The lowest BCUT2D eigenvalue weighted by atomic mass is 9.85. The van der Waals surface area contributed by atoms with Crippen LogP contribution >= 0.6 is 15.9 Å². The molecule has 2 aromatic rings. The van der Waals surface area contributed by atoms with Crippen LogP contribution in [0.3, 0.4) is 0 Å². The summed E-state index contributed by atoms with van der Waals surface area (Å²) < 4.78 is 6.39. The van der Waals surface area contributed by atoms with Crippen LogP contribution in [0.25, 0.3) is 0 Å². The molecule has 0 bridgehead atoms. The number of rotatable bonds is 3. The van der Waals surface area contributed by atoms with Crippen molar-refractivity contribution in [3.05, 3.63) is 69.7 Å². The van der Waals surface area contributed by atoms with Gasteiger partial charge in [0.1, 0.15) is 6.61 Å². The molecule has 0 aliphatic heterocycles. The molecule has 0 radical (unpaired) electrons. The standard InChI is InChI=1S/C19H20BrNO2/c1-19(2)11-14-8-9-15(20)10-16(14)17(19)21-18(22)23-12-13-6-4-3-5-7-13/h3-10,17H,11-12H2,1-2H3,(H,21,22). The number of hydrogen-bond donors (Lipinski definition) is 1. The molecular formula is C19H20BrNO2. The third-order valence-corrected chi connectivity index (χ3v) is 4.81. The topological polar surface area (TPSA) is 38.3 Å². The minimum atomic E-state index is -0.375. The Morgan fingerprint density at radius 2 is 2.00 bits per heavy atom. The number of halogens is 1. The summed E-state index contributed by atoms with van der Waals surface area (Å²) in [6.07, 6.45) is 0.568. The number of amides is 1. The van der Waals surface area contributed by atoms with E-state index in [-0.39, 0.29) is 24.2 Å². The van der Waals surface area contributed by atoms with E-state index in [4.69, 9.17) is 4.74 Å². The Kier molecular flexibility index (Phi) is 4.44. The van der Waals surface area contributed by atoms with Crippen molar-refractivity contribution >= 4 is 22.0 Å². The SMILES string of the molecule is CC1(C)Cc2ccc(Br)cc2C1NC(=O)OCc1ccccc1. The highest BCUT2D eigenvalue weighted by Gasteiger charge is 2.40. The van der Waals surface area contributed by atoms with E-state index < -0.39 is 0 Å². The number of nitrogens with one attached hydrogen (secondary N) is 1. The van der Waals surface area contributed by atoms with E-state index in [2.05, 4.69) is 47.2 Å². The zero-order chi connectivity index (χ0) is 16.4. The quantitative estimate of drug-likeness (QED) is 0.821. The Bertz CT molecular complexity index is 713. The summed E-state index contributed by atoms with van der Waals surface area (Å²) in [5.41, 5.74) is 3.40. The van der Waals surface area contributed by atoms with Gasteiger partial charge in [-0.3, -0.25) is 0 Å². The summed E-state index contributed by atoms with van der Waals surface area (Å²) in [5, 5.41) is 3.04. The van der Waals surface area contributed by atoms with Gasteiger partial charge in [0.15, 0.2) is 0 Å². The van der Waals surface area contributed by atoms with Crippen molar-refractivity contribution in [3.8, 4) is 0 Å². The second kappa shape index (κ2) is 6.36. The first kappa shape index (κ1) is 16.1. The average molecular weight is 374 g/mol. The largest absolute Gasteiger partial charge is 0.445 e. The Morgan fingerprint density at radius 1 is 1.26 bits per heavy atom. The van der Waals surface area contributed by atoms with Gasteiger partial charge < -0.3 is 10.1 Å². The fourth-order valence-electron chi connectivity index (χ4n) is 3.17. The second-order valence-electron chi connectivity index (χ2n) is 6.65. The van der Waals surface area contributed by atoms with Gasteiger partial charge in [-0.15, -0.1) is 0 Å². The van der Waals surface area contributed by atoms with Crippen molar-refractivity contribution in [2.24, 2.45) is 5.41 Å². The molecule has 3 nitrogen and oxygen atoms in total. The van der Waals surface area contributed by atoms with Gasteiger partial charge in [-0.05, 0) is 40.7 Å². The lowest BCUT2D eigenvalue weighted by Gasteiger charge is -2.28. The molecule has 1 aliphatic carbocycles. The molecule has 0 heterocycles. The summed E-state index contributed by atoms with van der Waals surface area (Å²) in [6.45, 7) is 4.62. The third-order valence-electron chi connectivity index (χ3n) is 4.32. The maximum absolute atomic E-state index is 12.2. The minimum Gasteiger partial charge on any atom is -0.445 e. The lowest BCUT2D eigenvalue weighted by Crippen LogP contribution is -2.35. The van der Waals surface area contributed by atoms with Crippen LogP contribution in [0.15, 0.2) is 53.0 Å². The average Bonchev–Trinajstić information content (AvgIpc) is 2.77. The van der Waals surface area contributed by atoms with Crippen LogP contribution in [0.5, 0.6) is 0 Å². The molecule has 23 heavy (non-hydrogen) atoms. The molecular weight excluding hydrogens is 354 g/mol.